The number of amides is 2. The van der Waals surface area contributed by atoms with E-state index in [0.717, 1.165) is 22.4 Å². The summed E-state index contributed by atoms with van der Waals surface area (Å²) in [6.07, 6.45) is 0.574. The number of carbonyl (C=O) groups is 3. The number of ether oxygens (including phenoxy) is 1. The van der Waals surface area contributed by atoms with Crippen molar-refractivity contribution in [2.75, 3.05) is 18.5 Å². The Balaban J connectivity index is 1.40. The summed E-state index contributed by atoms with van der Waals surface area (Å²) < 4.78 is 4.98. The number of carbonyl (C=O) groups excluding carboxylic acids is 3. The summed E-state index contributed by atoms with van der Waals surface area (Å²) in [5.74, 6) is -1.25. The molecule has 2 amide bonds. The molecule has 2 aromatic carbocycles. The lowest BCUT2D eigenvalue weighted by Gasteiger charge is -2.11. The average Bonchev–Trinajstić information content (AvgIpc) is 3.21. The van der Waals surface area contributed by atoms with Gasteiger partial charge in [0.15, 0.2) is 6.61 Å². The van der Waals surface area contributed by atoms with Crippen molar-refractivity contribution in [3.63, 3.8) is 0 Å². The third-order valence-corrected chi connectivity index (χ3v) is 4.61. The molecule has 156 valence electrons. The van der Waals surface area contributed by atoms with Crippen LogP contribution in [-0.2, 0) is 19.1 Å². The van der Waals surface area contributed by atoms with E-state index in [2.05, 4.69) is 10.4 Å². The molecule has 1 aliphatic rings. The summed E-state index contributed by atoms with van der Waals surface area (Å²) in [5.41, 5.74) is 4.56. The summed E-state index contributed by atoms with van der Waals surface area (Å²) in [7, 11) is 0. The van der Waals surface area contributed by atoms with Gasteiger partial charge >= 0.3 is 5.97 Å². The SMILES string of the molecule is Cc1cc(C)cc(NC(=O)COC(=O)CCC(=O)N2CCC(c3ccccc3)=N2)c1. The molecule has 0 aromatic heterocycles. The molecule has 0 unspecified atom stereocenters. The van der Waals surface area contributed by atoms with Crippen molar-refractivity contribution in [1.82, 2.24) is 5.01 Å². The summed E-state index contributed by atoms with van der Waals surface area (Å²) in [5, 5.41) is 8.45. The number of nitrogens with zero attached hydrogens (tertiary/aromatic N) is 2. The van der Waals surface area contributed by atoms with Crippen LogP contribution in [0.5, 0.6) is 0 Å². The second-order valence-electron chi connectivity index (χ2n) is 7.26. The van der Waals surface area contributed by atoms with Crippen LogP contribution >= 0.6 is 0 Å². The summed E-state index contributed by atoms with van der Waals surface area (Å²) in [6, 6.07) is 15.4. The highest BCUT2D eigenvalue weighted by molar-refractivity contribution is 6.02. The Kier molecular flexibility index (Phi) is 6.95. The number of hydrogen-bond acceptors (Lipinski definition) is 5. The second kappa shape index (κ2) is 9.82. The number of anilines is 1. The Morgan fingerprint density at radius 1 is 1.03 bits per heavy atom. The van der Waals surface area contributed by atoms with Gasteiger partial charge in [0.2, 0.25) is 5.91 Å². The molecule has 1 N–H and O–H groups in total. The fourth-order valence-corrected chi connectivity index (χ4v) is 3.27. The first kappa shape index (κ1) is 21.2. The molecule has 0 aliphatic carbocycles. The summed E-state index contributed by atoms with van der Waals surface area (Å²) in [6.45, 7) is 3.98. The van der Waals surface area contributed by atoms with Crippen LogP contribution in [0.2, 0.25) is 0 Å². The van der Waals surface area contributed by atoms with Gasteiger partial charge in [0.1, 0.15) is 0 Å². The highest BCUT2D eigenvalue weighted by atomic mass is 16.5. The molecule has 7 heteroatoms. The molecule has 0 spiro atoms. The molecule has 0 saturated carbocycles. The molecule has 30 heavy (non-hydrogen) atoms. The van der Waals surface area contributed by atoms with E-state index in [0.29, 0.717) is 18.7 Å². The van der Waals surface area contributed by atoms with E-state index in [-0.39, 0.29) is 25.4 Å². The standard InChI is InChI=1S/C23H25N3O4/c1-16-12-17(2)14-19(13-16)24-21(27)15-30-23(29)9-8-22(28)26-11-10-20(25-26)18-6-4-3-5-7-18/h3-7,12-14H,8-11,15H2,1-2H3,(H,24,27). The third kappa shape index (κ3) is 6.01. The zero-order valence-corrected chi connectivity index (χ0v) is 17.2. The Bertz CT molecular complexity index is 949. The van der Waals surface area contributed by atoms with Gasteiger partial charge in [-0.05, 0) is 42.7 Å². The molecule has 0 saturated heterocycles. The quantitative estimate of drug-likeness (QED) is 0.714. The Morgan fingerprint density at radius 2 is 1.73 bits per heavy atom. The first-order chi connectivity index (χ1) is 14.4. The van der Waals surface area contributed by atoms with Gasteiger partial charge in [-0.3, -0.25) is 14.4 Å². The largest absolute Gasteiger partial charge is 0.456 e. The normalized spacial score (nSPS) is 13.0. The maximum Gasteiger partial charge on any atom is 0.306 e. The summed E-state index contributed by atoms with van der Waals surface area (Å²) >= 11 is 0. The molecule has 7 nitrogen and oxygen atoms in total. The lowest BCUT2D eigenvalue weighted by Crippen LogP contribution is -2.25. The maximum atomic E-state index is 12.3. The Labute approximate surface area is 175 Å². The van der Waals surface area contributed by atoms with Gasteiger partial charge in [-0.25, -0.2) is 5.01 Å². The van der Waals surface area contributed by atoms with Gasteiger partial charge < -0.3 is 10.1 Å². The van der Waals surface area contributed by atoms with Crippen LogP contribution in [0.3, 0.4) is 0 Å². The van der Waals surface area contributed by atoms with Gasteiger partial charge in [0.25, 0.3) is 5.91 Å². The smallest absolute Gasteiger partial charge is 0.306 e. The molecule has 1 heterocycles. The van der Waals surface area contributed by atoms with Gasteiger partial charge in [0.05, 0.1) is 18.7 Å². The molecular formula is C23H25N3O4. The molecule has 0 fully saturated rings. The predicted molar refractivity (Wildman–Crippen MR) is 114 cm³/mol. The van der Waals surface area contributed by atoms with Crippen LogP contribution in [0.1, 0.15) is 36.0 Å². The van der Waals surface area contributed by atoms with E-state index in [4.69, 9.17) is 4.74 Å². The highest BCUT2D eigenvalue weighted by Crippen LogP contribution is 2.15. The Morgan fingerprint density at radius 3 is 2.43 bits per heavy atom. The van der Waals surface area contributed by atoms with Crippen LogP contribution in [0.25, 0.3) is 0 Å². The minimum Gasteiger partial charge on any atom is -0.456 e. The minimum absolute atomic E-state index is 0.0108. The number of rotatable bonds is 7. The molecular weight excluding hydrogens is 382 g/mol. The van der Waals surface area contributed by atoms with Crippen molar-refractivity contribution in [2.45, 2.75) is 33.1 Å². The van der Waals surface area contributed by atoms with Crippen LogP contribution in [0.15, 0.2) is 53.6 Å². The number of benzene rings is 2. The molecule has 0 atom stereocenters. The average molecular weight is 407 g/mol. The van der Waals surface area contributed by atoms with Crippen molar-refractivity contribution in [1.29, 1.82) is 0 Å². The third-order valence-electron chi connectivity index (χ3n) is 4.61. The monoisotopic (exact) mass is 407 g/mol. The van der Waals surface area contributed by atoms with Crippen molar-refractivity contribution in [3.05, 3.63) is 65.2 Å². The topological polar surface area (TPSA) is 88.1 Å². The van der Waals surface area contributed by atoms with Crippen LogP contribution in [0.4, 0.5) is 5.69 Å². The molecule has 1 aliphatic heterocycles. The minimum atomic E-state index is -0.592. The van der Waals surface area contributed by atoms with Crippen molar-refractivity contribution in [2.24, 2.45) is 5.10 Å². The van der Waals surface area contributed by atoms with Crippen molar-refractivity contribution >= 4 is 29.2 Å². The predicted octanol–water partition coefficient (Wildman–Crippen LogP) is 3.20. The van der Waals surface area contributed by atoms with E-state index in [1.165, 1.54) is 5.01 Å². The van der Waals surface area contributed by atoms with Crippen LogP contribution < -0.4 is 5.32 Å². The van der Waals surface area contributed by atoms with E-state index in [1.807, 2.05) is 62.4 Å². The molecule has 0 bridgehead atoms. The zero-order valence-electron chi connectivity index (χ0n) is 17.2. The number of hydrogen-bond donors (Lipinski definition) is 1. The van der Waals surface area contributed by atoms with Crippen molar-refractivity contribution < 1.29 is 19.1 Å². The van der Waals surface area contributed by atoms with E-state index >= 15 is 0 Å². The number of esters is 1. The molecule has 3 rings (SSSR count). The number of nitrogens with one attached hydrogen (secondary N) is 1. The lowest BCUT2D eigenvalue weighted by molar-refractivity contribution is -0.148. The second-order valence-corrected chi connectivity index (χ2v) is 7.26. The van der Waals surface area contributed by atoms with Gasteiger partial charge in [-0.1, -0.05) is 36.4 Å². The number of hydrazone groups is 1. The van der Waals surface area contributed by atoms with Gasteiger partial charge in [-0.15, -0.1) is 0 Å². The first-order valence-electron chi connectivity index (χ1n) is 9.88. The highest BCUT2D eigenvalue weighted by Gasteiger charge is 2.22. The maximum absolute atomic E-state index is 12.3. The van der Waals surface area contributed by atoms with E-state index < -0.39 is 11.9 Å². The fraction of sp³-hybridized carbons (Fsp3) is 0.304. The summed E-state index contributed by atoms with van der Waals surface area (Å²) in [4.78, 5) is 36.2. The van der Waals surface area contributed by atoms with E-state index in [9.17, 15) is 14.4 Å². The van der Waals surface area contributed by atoms with Gasteiger partial charge in [0, 0.05) is 18.5 Å². The van der Waals surface area contributed by atoms with Crippen molar-refractivity contribution in [3.8, 4) is 0 Å². The van der Waals surface area contributed by atoms with Crippen LogP contribution in [0, 0.1) is 13.8 Å². The molecule has 2 aromatic rings. The van der Waals surface area contributed by atoms with Gasteiger partial charge in [-0.2, -0.15) is 5.10 Å². The first-order valence-corrected chi connectivity index (χ1v) is 9.88. The lowest BCUT2D eigenvalue weighted by atomic mass is 10.1. The zero-order chi connectivity index (χ0) is 21.5. The van der Waals surface area contributed by atoms with Crippen LogP contribution in [-0.4, -0.2) is 41.7 Å². The Hall–Kier alpha value is -3.48. The number of aryl methyl sites for hydroxylation is 2. The molecule has 0 radical (unpaired) electrons. The van der Waals surface area contributed by atoms with E-state index in [1.54, 1.807) is 0 Å². The fourth-order valence-electron chi connectivity index (χ4n) is 3.27.